The second-order valence-electron chi connectivity index (χ2n) is 4.30. The number of hydrogen-bond acceptors (Lipinski definition) is 4. The van der Waals surface area contributed by atoms with Crippen molar-refractivity contribution in [1.29, 1.82) is 5.26 Å². The van der Waals surface area contributed by atoms with Gasteiger partial charge in [-0.2, -0.15) is 10.5 Å². The Labute approximate surface area is 121 Å². The minimum atomic E-state index is -1.06. The number of allylic oxidation sites excluding steroid dienone is 1. The Morgan fingerprint density at radius 3 is 2.52 bits per heavy atom. The molecule has 5 heteroatoms. The number of nitriles is 1. The molecule has 5 nitrogen and oxygen atoms in total. The van der Waals surface area contributed by atoms with Crippen molar-refractivity contribution in [3.05, 3.63) is 76.5 Å². The normalized spacial score (nSPS) is 12.5. The lowest BCUT2D eigenvalue weighted by Gasteiger charge is -2.11. The van der Waals surface area contributed by atoms with Crippen LogP contribution in [0.1, 0.15) is 15.9 Å². The molecule has 1 atom stereocenters. The Balaban J connectivity index is 2.36. The number of nitrogens with one attached hydrogen (secondary N) is 1. The van der Waals surface area contributed by atoms with E-state index in [0.717, 1.165) is 0 Å². The van der Waals surface area contributed by atoms with Gasteiger partial charge in [-0.3, -0.25) is 4.79 Å². The highest BCUT2D eigenvalue weighted by molar-refractivity contribution is 6.14. The summed E-state index contributed by atoms with van der Waals surface area (Å²) in [5.74, 6) is -0.390. The minimum absolute atomic E-state index is 0.0382. The molecule has 0 radical (unpaired) electrons. The summed E-state index contributed by atoms with van der Waals surface area (Å²) < 4.78 is 0. The van der Waals surface area contributed by atoms with E-state index < -0.39 is 5.23 Å². The Kier molecular flexibility index (Phi) is 4.59. The first-order valence-corrected chi connectivity index (χ1v) is 6.16. The lowest BCUT2D eigenvalue weighted by molar-refractivity contribution is -0.991. The largest absolute Gasteiger partial charge is 0.595 e. The Hall–Kier alpha value is -2.78. The molecule has 0 amide bonds. The molecular formula is C16H12N2O3. The number of rotatable bonds is 4. The van der Waals surface area contributed by atoms with Crippen LogP contribution in [0.2, 0.25) is 0 Å². The maximum absolute atomic E-state index is 12.2. The molecule has 2 aromatic rings. The number of carbonyl (C=O) groups excluding carboxylic acids is 1. The highest BCUT2D eigenvalue weighted by Gasteiger charge is 2.11. The summed E-state index contributed by atoms with van der Waals surface area (Å²) in [4.78, 5) is 12.2. The lowest BCUT2D eigenvalue weighted by atomic mass is 10.0. The summed E-state index contributed by atoms with van der Waals surface area (Å²) in [5, 5.41) is 27.9. The molecule has 2 N–H and O–H groups in total. The molecule has 2 rings (SSSR count). The molecule has 0 spiro atoms. The minimum Gasteiger partial charge on any atom is -0.595 e. The number of benzene rings is 2. The van der Waals surface area contributed by atoms with Crippen LogP contribution >= 0.6 is 0 Å². The van der Waals surface area contributed by atoms with E-state index in [1.807, 2.05) is 6.07 Å². The van der Waals surface area contributed by atoms with Crippen LogP contribution in [-0.4, -0.2) is 11.0 Å². The van der Waals surface area contributed by atoms with Crippen molar-refractivity contribution in [3.8, 4) is 6.07 Å². The lowest BCUT2D eigenvalue weighted by Crippen LogP contribution is -2.99. The van der Waals surface area contributed by atoms with Gasteiger partial charge in [-0.15, -0.1) is 0 Å². The van der Waals surface area contributed by atoms with Gasteiger partial charge in [0.2, 0.25) is 5.78 Å². The maximum Gasteiger partial charge on any atom is 0.203 e. The van der Waals surface area contributed by atoms with E-state index >= 15 is 0 Å². The highest BCUT2D eigenvalue weighted by atomic mass is 16.8. The molecule has 0 saturated carbocycles. The van der Waals surface area contributed by atoms with Crippen molar-refractivity contribution in [2.45, 2.75) is 0 Å². The van der Waals surface area contributed by atoms with Crippen molar-refractivity contribution >= 4 is 17.5 Å². The molecule has 21 heavy (non-hydrogen) atoms. The third-order valence-corrected chi connectivity index (χ3v) is 2.85. The maximum atomic E-state index is 12.2. The van der Waals surface area contributed by atoms with Gasteiger partial charge in [0, 0.05) is 17.7 Å². The molecule has 0 heterocycles. The second-order valence-corrected chi connectivity index (χ2v) is 4.30. The Bertz CT molecular complexity index is 716. The number of ketones is 1. The molecule has 1 unspecified atom stereocenters. The third kappa shape index (κ3) is 3.61. The van der Waals surface area contributed by atoms with E-state index in [2.05, 4.69) is 0 Å². The first-order valence-electron chi connectivity index (χ1n) is 6.16. The smallest absolute Gasteiger partial charge is 0.203 e. The fraction of sp³-hybridized carbons (Fsp3) is 0. The van der Waals surface area contributed by atoms with Crippen molar-refractivity contribution in [3.63, 3.8) is 0 Å². The van der Waals surface area contributed by atoms with Crippen molar-refractivity contribution in [2.75, 3.05) is 0 Å². The molecule has 0 saturated heterocycles. The van der Waals surface area contributed by atoms with Crippen molar-refractivity contribution in [1.82, 2.24) is 0 Å². The van der Waals surface area contributed by atoms with Crippen LogP contribution in [0, 0.1) is 16.5 Å². The van der Waals surface area contributed by atoms with Gasteiger partial charge in [0.25, 0.3) is 0 Å². The quantitative estimate of drug-likeness (QED) is 0.387. The molecule has 2 aromatic carbocycles. The number of nitrogens with zero attached hydrogens (tertiary/aromatic N) is 1. The van der Waals surface area contributed by atoms with Crippen LogP contribution in [0.25, 0.3) is 6.08 Å². The topological polar surface area (TPSA) is 88.6 Å². The van der Waals surface area contributed by atoms with Gasteiger partial charge < -0.3 is 5.21 Å². The Morgan fingerprint density at radius 1 is 1.19 bits per heavy atom. The van der Waals surface area contributed by atoms with Crippen LogP contribution in [0.15, 0.2) is 60.2 Å². The van der Waals surface area contributed by atoms with Crippen molar-refractivity contribution in [2.24, 2.45) is 0 Å². The van der Waals surface area contributed by atoms with E-state index in [-0.39, 0.29) is 17.0 Å². The van der Waals surface area contributed by atoms with Crippen molar-refractivity contribution < 1.29 is 15.2 Å². The van der Waals surface area contributed by atoms with E-state index in [1.54, 1.807) is 42.5 Å². The molecule has 0 aliphatic heterocycles. The summed E-state index contributed by atoms with van der Waals surface area (Å²) in [6, 6.07) is 16.4. The number of Topliss-reactive ketones (excluding diaryl/α,β-unsaturated/α-hetero) is 1. The number of carbonyl (C=O) groups is 1. The molecule has 0 aliphatic rings. The zero-order valence-corrected chi connectivity index (χ0v) is 11.0. The molecule has 0 fully saturated rings. The van der Waals surface area contributed by atoms with Crippen LogP contribution in [0.5, 0.6) is 0 Å². The summed E-state index contributed by atoms with van der Waals surface area (Å²) in [6.45, 7) is 0. The van der Waals surface area contributed by atoms with Crippen LogP contribution in [0.4, 0.5) is 5.69 Å². The van der Waals surface area contributed by atoms with Gasteiger partial charge in [-0.05, 0) is 11.6 Å². The average Bonchev–Trinajstić information content (AvgIpc) is 2.53. The fourth-order valence-corrected chi connectivity index (χ4v) is 1.82. The average molecular weight is 280 g/mol. The van der Waals surface area contributed by atoms with Crippen LogP contribution in [-0.2, 0) is 0 Å². The first-order chi connectivity index (χ1) is 10.1. The first kappa shape index (κ1) is 14.6. The summed E-state index contributed by atoms with van der Waals surface area (Å²) >= 11 is 0. The van der Waals surface area contributed by atoms with Gasteiger partial charge >= 0.3 is 0 Å². The standard InChI is InChI=1S/C16H12N2O3/c17-11-14(16(19)13-6-2-1-3-7-13)9-12-5-4-8-15(10-12)18(20)21/h1-10,18,20H/b14-9+. The van der Waals surface area contributed by atoms with E-state index in [0.29, 0.717) is 11.1 Å². The third-order valence-electron chi connectivity index (χ3n) is 2.85. The predicted octanol–water partition coefficient (Wildman–Crippen LogP) is 1.88. The van der Waals surface area contributed by atoms with E-state index in [9.17, 15) is 10.0 Å². The molecule has 104 valence electrons. The van der Waals surface area contributed by atoms with Gasteiger partial charge in [0.05, 0.1) is 0 Å². The zero-order valence-electron chi connectivity index (χ0n) is 11.0. The number of hydrogen-bond donors (Lipinski definition) is 2. The zero-order chi connectivity index (χ0) is 15.2. The van der Waals surface area contributed by atoms with E-state index in [1.165, 1.54) is 18.2 Å². The van der Waals surface area contributed by atoms with Gasteiger partial charge in [-0.25, -0.2) is 5.21 Å². The monoisotopic (exact) mass is 280 g/mol. The number of quaternary nitrogens is 1. The summed E-state index contributed by atoms with van der Waals surface area (Å²) in [5.41, 5.74) is 0.979. The highest BCUT2D eigenvalue weighted by Crippen LogP contribution is 2.14. The Morgan fingerprint density at radius 2 is 1.90 bits per heavy atom. The van der Waals surface area contributed by atoms with Crippen LogP contribution in [0.3, 0.4) is 0 Å². The second kappa shape index (κ2) is 6.59. The van der Waals surface area contributed by atoms with E-state index in [4.69, 9.17) is 10.5 Å². The van der Waals surface area contributed by atoms with Gasteiger partial charge in [-0.1, -0.05) is 42.5 Å². The molecule has 0 bridgehead atoms. The molecule has 0 aromatic heterocycles. The van der Waals surface area contributed by atoms with Gasteiger partial charge in [0.15, 0.2) is 5.69 Å². The SMILES string of the molecule is N#C/C(=C\c1cccc([NH+]([O-])O)c1)C(=O)c1ccccc1. The predicted molar refractivity (Wildman–Crippen MR) is 76.6 cm³/mol. The summed E-state index contributed by atoms with van der Waals surface area (Å²) in [6.07, 6.45) is 1.39. The molecule has 0 aliphatic carbocycles. The molecular weight excluding hydrogens is 268 g/mol. The van der Waals surface area contributed by atoms with Gasteiger partial charge in [0.1, 0.15) is 11.6 Å². The summed E-state index contributed by atoms with van der Waals surface area (Å²) in [7, 11) is 0. The fourth-order valence-electron chi connectivity index (χ4n) is 1.82. The van der Waals surface area contributed by atoms with Crippen LogP contribution < -0.4 is 5.23 Å².